The Kier molecular flexibility index (Phi) is 7.53. The first-order chi connectivity index (χ1) is 14.0. The maximum absolute atomic E-state index is 13.5. The van der Waals surface area contributed by atoms with Gasteiger partial charge in [0.05, 0.1) is 12.3 Å². The van der Waals surface area contributed by atoms with Gasteiger partial charge in [-0.25, -0.2) is 4.39 Å². The fourth-order valence-electron chi connectivity index (χ4n) is 3.22. The summed E-state index contributed by atoms with van der Waals surface area (Å²) in [5.41, 5.74) is 1.96. The SMILES string of the molecule is CC(C)CN(Cc1cccn1Cc1cccc(F)c1)C(=O)CSc1ccccc1. The first-order valence-electron chi connectivity index (χ1n) is 9.85. The van der Waals surface area contributed by atoms with Crippen molar-refractivity contribution in [2.75, 3.05) is 12.3 Å². The standard InChI is InChI=1S/C24H27FN2OS/c1-19(2)15-27(24(28)18-29-23-11-4-3-5-12-23)17-22-10-7-13-26(22)16-20-8-6-9-21(25)14-20/h3-14,19H,15-18H2,1-2H3. The van der Waals surface area contributed by atoms with Gasteiger partial charge in [0, 0.05) is 29.9 Å². The Morgan fingerprint density at radius 2 is 1.86 bits per heavy atom. The first kappa shape index (κ1) is 21.2. The molecule has 2 aromatic carbocycles. The van der Waals surface area contributed by atoms with Crippen molar-refractivity contribution in [3.05, 3.63) is 90.0 Å². The number of amides is 1. The zero-order valence-corrected chi connectivity index (χ0v) is 17.7. The first-order valence-corrected chi connectivity index (χ1v) is 10.8. The van der Waals surface area contributed by atoms with Crippen LogP contribution in [-0.4, -0.2) is 27.7 Å². The van der Waals surface area contributed by atoms with E-state index in [-0.39, 0.29) is 11.7 Å². The van der Waals surface area contributed by atoms with Crippen molar-refractivity contribution in [2.45, 2.75) is 31.8 Å². The molecule has 1 heterocycles. The highest BCUT2D eigenvalue weighted by Crippen LogP contribution is 2.19. The molecule has 152 valence electrons. The third kappa shape index (κ3) is 6.50. The van der Waals surface area contributed by atoms with Crippen LogP contribution in [-0.2, 0) is 17.9 Å². The second-order valence-electron chi connectivity index (χ2n) is 7.53. The van der Waals surface area contributed by atoms with Gasteiger partial charge >= 0.3 is 0 Å². The minimum absolute atomic E-state index is 0.131. The zero-order valence-electron chi connectivity index (χ0n) is 16.9. The predicted octanol–water partition coefficient (Wildman–Crippen LogP) is 5.45. The Labute approximate surface area is 176 Å². The van der Waals surface area contributed by atoms with Crippen molar-refractivity contribution in [3.8, 4) is 0 Å². The van der Waals surface area contributed by atoms with E-state index in [1.54, 1.807) is 23.9 Å². The van der Waals surface area contributed by atoms with E-state index in [4.69, 9.17) is 0 Å². The molecule has 3 aromatic rings. The molecule has 0 aliphatic heterocycles. The van der Waals surface area contributed by atoms with Gasteiger partial charge in [0.25, 0.3) is 0 Å². The molecule has 0 aliphatic carbocycles. The van der Waals surface area contributed by atoms with E-state index >= 15 is 0 Å². The van der Waals surface area contributed by atoms with Gasteiger partial charge in [0.1, 0.15) is 5.82 Å². The maximum atomic E-state index is 13.5. The lowest BCUT2D eigenvalue weighted by Crippen LogP contribution is -2.35. The summed E-state index contributed by atoms with van der Waals surface area (Å²) in [6, 6.07) is 20.6. The van der Waals surface area contributed by atoms with E-state index in [2.05, 4.69) is 18.4 Å². The van der Waals surface area contributed by atoms with Gasteiger partial charge in [-0.3, -0.25) is 4.79 Å². The van der Waals surface area contributed by atoms with Crippen LogP contribution in [0.1, 0.15) is 25.1 Å². The van der Waals surface area contributed by atoms with Crippen LogP contribution >= 0.6 is 11.8 Å². The molecule has 0 saturated heterocycles. The van der Waals surface area contributed by atoms with Crippen molar-refractivity contribution in [2.24, 2.45) is 5.92 Å². The zero-order chi connectivity index (χ0) is 20.6. The molecule has 0 atom stereocenters. The summed E-state index contributed by atoms with van der Waals surface area (Å²) >= 11 is 1.57. The average Bonchev–Trinajstić information content (AvgIpc) is 3.12. The summed E-state index contributed by atoms with van der Waals surface area (Å²) in [6.07, 6.45) is 1.98. The number of hydrogen-bond acceptors (Lipinski definition) is 2. The van der Waals surface area contributed by atoms with Crippen LogP contribution in [0.3, 0.4) is 0 Å². The Bertz CT molecular complexity index is 923. The highest BCUT2D eigenvalue weighted by atomic mass is 32.2. The number of thioether (sulfide) groups is 1. The normalized spacial score (nSPS) is 11.0. The number of aromatic nitrogens is 1. The van der Waals surface area contributed by atoms with Gasteiger partial charge in [-0.1, -0.05) is 44.2 Å². The van der Waals surface area contributed by atoms with Gasteiger partial charge in [-0.05, 0) is 47.9 Å². The lowest BCUT2D eigenvalue weighted by molar-refractivity contribution is -0.129. The molecule has 0 radical (unpaired) electrons. The Balaban J connectivity index is 1.68. The highest BCUT2D eigenvalue weighted by Gasteiger charge is 2.17. The average molecular weight is 411 g/mol. The van der Waals surface area contributed by atoms with Crippen LogP contribution in [0.2, 0.25) is 0 Å². The van der Waals surface area contributed by atoms with Crippen molar-refractivity contribution in [1.82, 2.24) is 9.47 Å². The summed E-state index contributed by atoms with van der Waals surface area (Å²) in [4.78, 5) is 16.0. The molecular weight excluding hydrogens is 383 g/mol. The Hall–Kier alpha value is -2.53. The van der Waals surface area contributed by atoms with Crippen LogP contribution in [0.4, 0.5) is 4.39 Å². The van der Waals surface area contributed by atoms with E-state index in [1.165, 1.54) is 6.07 Å². The third-order valence-electron chi connectivity index (χ3n) is 4.56. The quantitative estimate of drug-likeness (QED) is 0.438. The molecule has 29 heavy (non-hydrogen) atoms. The van der Waals surface area contributed by atoms with Gasteiger partial charge in [-0.15, -0.1) is 11.8 Å². The van der Waals surface area contributed by atoms with Crippen LogP contribution in [0.15, 0.2) is 77.8 Å². The van der Waals surface area contributed by atoms with Crippen molar-refractivity contribution >= 4 is 17.7 Å². The number of nitrogens with zero attached hydrogens (tertiary/aromatic N) is 2. The Morgan fingerprint density at radius 1 is 1.07 bits per heavy atom. The van der Waals surface area contributed by atoms with Crippen molar-refractivity contribution in [3.63, 3.8) is 0 Å². The molecule has 0 bridgehead atoms. The predicted molar refractivity (Wildman–Crippen MR) is 117 cm³/mol. The topological polar surface area (TPSA) is 25.2 Å². The molecule has 0 spiro atoms. The lowest BCUT2D eigenvalue weighted by atomic mass is 10.2. The maximum Gasteiger partial charge on any atom is 0.233 e. The van der Waals surface area contributed by atoms with E-state index in [9.17, 15) is 9.18 Å². The van der Waals surface area contributed by atoms with Crippen LogP contribution < -0.4 is 0 Å². The molecular formula is C24H27FN2OS. The second-order valence-corrected chi connectivity index (χ2v) is 8.58. The number of carbonyl (C=O) groups is 1. The smallest absolute Gasteiger partial charge is 0.233 e. The summed E-state index contributed by atoms with van der Waals surface area (Å²) in [7, 11) is 0. The van der Waals surface area contributed by atoms with Gasteiger partial charge < -0.3 is 9.47 Å². The summed E-state index contributed by atoms with van der Waals surface area (Å²) in [5, 5.41) is 0. The van der Waals surface area contributed by atoms with Crippen molar-refractivity contribution in [1.29, 1.82) is 0 Å². The molecule has 3 rings (SSSR count). The summed E-state index contributed by atoms with van der Waals surface area (Å²) in [6.45, 7) is 6.09. The summed E-state index contributed by atoms with van der Waals surface area (Å²) in [5.74, 6) is 0.700. The van der Waals surface area contributed by atoms with Crippen molar-refractivity contribution < 1.29 is 9.18 Å². The third-order valence-corrected chi connectivity index (χ3v) is 5.56. The highest BCUT2D eigenvalue weighted by molar-refractivity contribution is 8.00. The minimum Gasteiger partial charge on any atom is -0.345 e. The molecule has 0 N–H and O–H groups in total. The Morgan fingerprint density at radius 3 is 2.59 bits per heavy atom. The molecule has 0 aliphatic rings. The van der Waals surface area contributed by atoms with E-state index in [1.807, 2.05) is 59.6 Å². The van der Waals surface area contributed by atoms with Crippen LogP contribution in [0.5, 0.6) is 0 Å². The van der Waals surface area contributed by atoms with Crippen LogP contribution in [0, 0.1) is 11.7 Å². The fourth-order valence-corrected chi connectivity index (χ4v) is 4.05. The number of hydrogen-bond donors (Lipinski definition) is 0. The fraction of sp³-hybridized carbons (Fsp3) is 0.292. The molecule has 1 amide bonds. The minimum atomic E-state index is -0.231. The van der Waals surface area contributed by atoms with Gasteiger partial charge in [0.2, 0.25) is 5.91 Å². The van der Waals surface area contributed by atoms with E-state index in [0.717, 1.165) is 16.2 Å². The monoisotopic (exact) mass is 410 g/mol. The van der Waals surface area contributed by atoms with Crippen LogP contribution in [0.25, 0.3) is 0 Å². The second kappa shape index (κ2) is 10.3. The molecule has 0 unspecified atom stereocenters. The molecule has 1 aromatic heterocycles. The molecule has 5 heteroatoms. The molecule has 0 fully saturated rings. The molecule has 3 nitrogen and oxygen atoms in total. The largest absolute Gasteiger partial charge is 0.345 e. The summed E-state index contributed by atoms with van der Waals surface area (Å²) < 4.78 is 15.6. The lowest BCUT2D eigenvalue weighted by Gasteiger charge is -2.25. The van der Waals surface area contributed by atoms with Gasteiger partial charge in [0.15, 0.2) is 0 Å². The van der Waals surface area contributed by atoms with E-state index in [0.29, 0.717) is 31.3 Å². The molecule has 0 saturated carbocycles. The van der Waals surface area contributed by atoms with Gasteiger partial charge in [-0.2, -0.15) is 0 Å². The van der Waals surface area contributed by atoms with E-state index < -0.39 is 0 Å². The number of benzene rings is 2. The number of rotatable bonds is 9. The number of carbonyl (C=O) groups excluding carboxylic acids is 1. The number of halogens is 1.